The van der Waals surface area contributed by atoms with Crippen LogP contribution in [0.25, 0.3) is 0 Å². The summed E-state index contributed by atoms with van der Waals surface area (Å²) < 4.78 is 10.7. The summed E-state index contributed by atoms with van der Waals surface area (Å²) in [5, 5.41) is 11.9. The zero-order valence-corrected chi connectivity index (χ0v) is 15.1. The van der Waals surface area contributed by atoms with Crippen LogP contribution in [0.3, 0.4) is 0 Å². The van der Waals surface area contributed by atoms with Gasteiger partial charge in [0.05, 0.1) is 26.4 Å². The second-order valence-electron chi connectivity index (χ2n) is 5.97. The van der Waals surface area contributed by atoms with E-state index in [1.54, 1.807) is 0 Å². The van der Waals surface area contributed by atoms with Gasteiger partial charge in [0.2, 0.25) is 0 Å². The van der Waals surface area contributed by atoms with E-state index in [0.717, 1.165) is 57.2 Å². The molecule has 6 heteroatoms. The molecule has 0 fully saturated rings. The Bertz CT molecular complexity index is 311. The van der Waals surface area contributed by atoms with Crippen molar-refractivity contribution in [3.8, 4) is 0 Å². The Hall–Kier alpha value is -0.950. The monoisotopic (exact) mass is 344 g/mol. The molecule has 0 bridgehead atoms. The van der Waals surface area contributed by atoms with Crippen LogP contribution in [0, 0.1) is 0 Å². The normalized spacial score (nSPS) is 10.9. The maximum atomic E-state index is 10.4. The minimum Gasteiger partial charge on any atom is -0.481 e. The van der Waals surface area contributed by atoms with Crippen LogP contribution in [-0.4, -0.2) is 57.1 Å². The number of hydrogen-bond donors (Lipinski definition) is 3. The van der Waals surface area contributed by atoms with Crippen molar-refractivity contribution in [2.75, 3.05) is 46.1 Å². The summed E-state index contributed by atoms with van der Waals surface area (Å²) in [5.74, 6) is -0.699. The van der Waals surface area contributed by atoms with E-state index in [4.69, 9.17) is 20.3 Å². The maximum absolute atomic E-state index is 10.4. The van der Waals surface area contributed by atoms with Crippen LogP contribution in [0.1, 0.15) is 51.4 Å². The first-order chi connectivity index (χ1) is 11.7. The maximum Gasteiger partial charge on any atom is 0.303 e. The van der Waals surface area contributed by atoms with Crippen LogP contribution < -0.4 is 11.1 Å². The number of ether oxygens (including phenoxy) is 2. The van der Waals surface area contributed by atoms with Crippen molar-refractivity contribution >= 4 is 5.97 Å². The van der Waals surface area contributed by atoms with Crippen molar-refractivity contribution < 1.29 is 19.4 Å². The molecule has 0 rings (SSSR count). The third kappa shape index (κ3) is 19.1. The van der Waals surface area contributed by atoms with Crippen LogP contribution in [0.5, 0.6) is 0 Å². The number of nitrogens with one attached hydrogen (secondary N) is 1. The van der Waals surface area contributed by atoms with Crippen molar-refractivity contribution in [1.29, 1.82) is 0 Å². The van der Waals surface area contributed by atoms with E-state index in [9.17, 15) is 4.79 Å². The third-order valence-electron chi connectivity index (χ3n) is 3.57. The fourth-order valence-corrected chi connectivity index (χ4v) is 2.22. The summed E-state index contributed by atoms with van der Waals surface area (Å²) in [6.45, 7) is 8.97. The lowest BCUT2D eigenvalue weighted by Crippen LogP contribution is -2.16. The molecule has 0 unspecified atom stereocenters. The highest BCUT2D eigenvalue weighted by molar-refractivity contribution is 5.66. The highest BCUT2D eigenvalue weighted by atomic mass is 16.5. The van der Waals surface area contributed by atoms with Crippen LogP contribution in [0.15, 0.2) is 12.2 Å². The number of nitrogens with two attached hydrogens (primary N) is 1. The van der Waals surface area contributed by atoms with Crippen LogP contribution in [0.4, 0.5) is 0 Å². The SMILES string of the molecule is C=C(CCCCCNCCCCCC(=O)O)COCCOCCN. The Morgan fingerprint density at radius 1 is 0.917 bits per heavy atom. The second-order valence-corrected chi connectivity index (χ2v) is 5.97. The van der Waals surface area contributed by atoms with Gasteiger partial charge in [-0.3, -0.25) is 4.79 Å². The van der Waals surface area contributed by atoms with Crippen molar-refractivity contribution in [2.24, 2.45) is 5.73 Å². The quantitative estimate of drug-likeness (QED) is 0.246. The van der Waals surface area contributed by atoms with Gasteiger partial charge in [-0.05, 0) is 45.2 Å². The van der Waals surface area contributed by atoms with E-state index in [1.807, 2.05) is 0 Å². The highest BCUT2D eigenvalue weighted by Crippen LogP contribution is 2.07. The summed E-state index contributed by atoms with van der Waals surface area (Å²) in [4.78, 5) is 10.4. The molecule has 0 spiro atoms. The van der Waals surface area contributed by atoms with E-state index in [2.05, 4.69) is 11.9 Å². The van der Waals surface area contributed by atoms with E-state index in [1.165, 1.54) is 6.42 Å². The zero-order valence-electron chi connectivity index (χ0n) is 15.1. The average molecular weight is 344 g/mol. The third-order valence-corrected chi connectivity index (χ3v) is 3.57. The molecule has 0 amide bonds. The predicted molar refractivity (Wildman–Crippen MR) is 97.3 cm³/mol. The molecule has 0 aliphatic carbocycles. The molecular formula is C18H36N2O4. The van der Waals surface area contributed by atoms with Crippen LogP contribution >= 0.6 is 0 Å². The fourth-order valence-electron chi connectivity index (χ4n) is 2.22. The van der Waals surface area contributed by atoms with Crippen molar-refractivity contribution in [2.45, 2.75) is 51.4 Å². The van der Waals surface area contributed by atoms with Crippen LogP contribution in [0.2, 0.25) is 0 Å². The molecule has 0 heterocycles. The van der Waals surface area contributed by atoms with Gasteiger partial charge in [0.1, 0.15) is 0 Å². The zero-order chi connectivity index (χ0) is 17.9. The molecule has 142 valence electrons. The molecule has 0 saturated carbocycles. The van der Waals surface area contributed by atoms with E-state index in [-0.39, 0.29) is 6.42 Å². The summed E-state index contributed by atoms with van der Waals surface area (Å²) in [6.07, 6.45) is 7.60. The number of unbranched alkanes of at least 4 members (excludes halogenated alkanes) is 4. The Balaban J connectivity index is 3.15. The van der Waals surface area contributed by atoms with Gasteiger partial charge in [-0.15, -0.1) is 0 Å². The summed E-state index contributed by atoms with van der Waals surface area (Å²) >= 11 is 0. The Morgan fingerprint density at radius 2 is 1.54 bits per heavy atom. The lowest BCUT2D eigenvalue weighted by Gasteiger charge is -2.08. The smallest absolute Gasteiger partial charge is 0.303 e. The first kappa shape index (κ1) is 23.1. The molecule has 0 aromatic rings. The molecule has 0 aliphatic rings. The van der Waals surface area contributed by atoms with E-state index in [0.29, 0.717) is 33.0 Å². The molecule has 0 aromatic carbocycles. The fraction of sp³-hybridized carbons (Fsp3) is 0.833. The lowest BCUT2D eigenvalue weighted by molar-refractivity contribution is -0.137. The topological polar surface area (TPSA) is 93.8 Å². The van der Waals surface area contributed by atoms with Gasteiger partial charge >= 0.3 is 5.97 Å². The number of carboxylic acid groups (broad SMARTS) is 1. The molecule has 0 aromatic heterocycles. The second kappa shape index (κ2) is 18.4. The van der Waals surface area contributed by atoms with Gasteiger partial charge in [0, 0.05) is 13.0 Å². The standard InChI is InChI=1S/C18H36N2O4/c1-17(16-24-15-14-23-13-10-19)8-4-2-6-11-20-12-7-3-5-9-18(21)22/h20H,1-16,19H2,(H,21,22). The van der Waals surface area contributed by atoms with Crippen molar-refractivity contribution in [3.63, 3.8) is 0 Å². The number of carboxylic acids is 1. The first-order valence-electron chi connectivity index (χ1n) is 9.11. The van der Waals surface area contributed by atoms with E-state index >= 15 is 0 Å². The van der Waals surface area contributed by atoms with Crippen molar-refractivity contribution in [3.05, 3.63) is 12.2 Å². The Morgan fingerprint density at radius 3 is 2.17 bits per heavy atom. The van der Waals surface area contributed by atoms with Gasteiger partial charge in [-0.25, -0.2) is 0 Å². The number of rotatable bonds is 19. The number of hydrogen-bond acceptors (Lipinski definition) is 5. The summed E-state index contributed by atoms with van der Waals surface area (Å²) in [7, 11) is 0. The van der Waals surface area contributed by atoms with Gasteiger partial charge < -0.3 is 25.6 Å². The van der Waals surface area contributed by atoms with Gasteiger partial charge in [-0.1, -0.05) is 25.0 Å². The molecule has 4 N–H and O–H groups in total. The molecule has 0 aliphatic heterocycles. The number of aliphatic carboxylic acids is 1. The van der Waals surface area contributed by atoms with Crippen molar-refractivity contribution in [1.82, 2.24) is 5.32 Å². The molecular weight excluding hydrogens is 308 g/mol. The van der Waals surface area contributed by atoms with Gasteiger partial charge in [0.25, 0.3) is 0 Å². The van der Waals surface area contributed by atoms with Gasteiger partial charge in [-0.2, -0.15) is 0 Å². The van der Waals surface area contributed by atoms with Crippen LogP contribution in [-0.2, 0) is 14.3 Å². The van der Waals surface area contributed by atoms with Gasteiger partial charge in [0.15, 0.2) is 0 Å². The summed E-state index contributed by atoms with van der Waals surface area (Å²) in [5.41, 5.74) is 6.46. The molecule has 6 nitrogen and oxygen atoms in total. The minimum absolute atomic E-state index is 0.286. The highest BCUT2D eigenvalue weighted by Gasteiger charge is 1.98. The average Bonchev–Trinajstić information content (AvgIpc) is 2.55. The minimum atomic E-state index is -0.699. The van der Waals surface area contributed by atoms with E-state index < -0.39 is 5.97 Å². The lowest BCUT2D eigenvalue weighted by atomic mass is 10.1. The Labute approximate surface area is 146 Å². The summed E-state index contributed by atoms with van der Waals surface area (Å²) in [6, 6.07) is 0. The largest absolute Gasteiger partial charge is 0.481 e. The molecule has 0 atom stereocenters. The Kier molecular flexibility index (Phi) is 17.7. The predicted octanol–water partition coefficient (Wildman–Crippen LogP) is 2.33. The first-order valence-corrected chi connectivity index (χ1v) is 9.11. The number of carbonyl (C=O) groups is 1. The molecule has 0 radical (unpaired) electrons. The molecule has 24 heavy (non-hydrogen) atoms. The molecule has 0 saturated heterocycles.